The number of nitrogens with two attached hydrogens (primary N) is 1. The maximum atomic E-state index is 6.20. The highest BCUT2D eigenvalue weighted by Gasteiger charge is 2.13. The minimum atomic E-state index is 0.180. The second kappa shape index (κ2) is 5.36. The van der Waals surface area contributed by atoms with E-state index in [1.54, 1.807) is 0 Å². The van der Waals surface area contributed by atoms with E-state index in [0.717, 1.165) is 16.1 Å². The van der Waals surface area contributed by atoms with Crippen LogP contribution in [0.15, 0.2) is 42.5 Å². The fourth-order valence-electron chi connectivity index (χ4n) is 2.06. The lowest BCUT2D eigenvalue weighted by atomic mass is 9.86. The molecule has 1 nitrogen and oxygen atoms in total. The summed E-state index contributed by atoms with van der Waals surface area (Å²) in [7, 11) is 0. The Hall–Kier alpha value is -1.31. The van der Waals surface area contributed by atoms with Gasteiger partial charge in [-0.2, -0.15) is 0 Å². The lowest BCUT2D eigenvalue weighted by molar-refractivity contribution is 0.590. The molecule has 0 spiro atoms. The molecule has 0 aliphatic heterocycles. The third-order valence-electron chi connectivity index (χ3n) is 3.36. The van der Waals surface area contributed by atoms with E-state index in [0.29, 0.717) is 6.54 Å². The topological polar surface area (TPSA) is 26.0 Å². The van der Waals surface area contributed by atoms with E-state index in [1.165, 1.54) is 11.1 Å². The van der Waals surface area contributed by atoms with Crippen molar-refractivity contribution in [2.45, 2.75) is 32.7 Å². The van der Waals surface area contributed by atoms with E-state index in [2.05, 4.69) is 51.1 Å². The molecule has 0 saturated carbocycles. The van der Waals surface area contributed by atoms with Crippen LogP contribution < -0.4 is 5.73 Å². The van der Waals surface area contributed by atoms with Crippen LogP contribution in [-0.2, 0) is 12.0 Å². The van der Waals surface area contributed by atoms with Crippen molar-refractivity contribution in [3.8, 4) is 11.1 Å². The Bertz CT molecular complexity index is 565. The molecule has 0 fully saturated rings. The fraction of sp³-hybridized carbons (Fsp3) is 0.294. The van der Waals surface area contributed by atoms with Gasteiger partial charge in [0.05, 0.1) is 0 Å². The zero-order valence-corrected chi connectivity index (χ0v) is 12.5. The third kappa shape index (κ3) is 3.17. The molecule has 0 bridgehead atoms. The van der Waals surface area contributed by atoms with Crippen LogP contribution in [0.5, 0.6) is 0 Å². The Morgan fingerprint density at radius 1 is 0.947 bits per heavy atom. The Balaban J connectivity index is 2.35. The normalized spacial score (nSPS) is 11.6. The molecule has 0 atom stereocenters. The number of rotatable bonds is 2. The van der Waals surface area contributed by atoms with Gasteiger partial charge in [-0.3, -0.25) is 0 Å². The largest absolute Gasteiger partial charge is 0.326 e. The standard InChI is InChI=1S/C17H20ClN/c1-17(2,3)15-8-6-12(7-9-15)13-4-5-14(11-19)16(18)10-13/h4-10H,11,19H2,1-3H3. The summed E-state index contributed by atoms with van der Waals surface area (Å²) in [5.41, 5.74) is 10.4. The predicted molar refractivity (Wildman–Crippen MR) is 83.5 cm³/mol. The number of hydrogen-bond donors (Lipinski definition) is 1. The van der Waals surface area contributed by atoms with E-state index in [-0.39, 0.29) is 5.41 Å². The minimum Gasteiger partial charge on any atom is -0.326 e. The molecule has 2 N–H and O–H groups in total. The van der Waals surface area contributed by atoms with Gasteiger partial charge in [0.25, 0.3) is 0 Å². The maximum absolute atomic E-state index is 6.20. The van der Waals surface area contributed by atoms with Crippen molar-refractivity contribution >= 4 is 11.6 Å². The minimum absolute atomic E-state index is 0.180. The molecule has 19 heavy (non-hydrogen) atoms. The number of hydrogen-bond acceptors (Lipinski definition) is 1. The first-order valence-electron chi connectivity index (χ1n) is 6.51. The van der Waals surface area contributed by atoms with Crippen molar-refractivity contribution < 1.29 is 0 Å². The average Bonchev–Trinajstić information content (AvgIpc) is 2.38. The molecule has 2 aromatic carbocycles. The molecule has 100 valence electrons. The van der Waals surface area contributed by atoms with Crippen molar-refractivity contribution in [1.29, 1.82) is 0 Å². The van der Waals surface area contributed by atoms with Crippen LogP contribution in [0.25, 0.3) is 11.1 Å². The predicted octanol–water partition coefficient (Wildman–Crippen LogP) is 4.76. The van der Waals surface area contributed by atoms with Gasteiger partial charge in [-0.05, 0) is 33.7 Å². The van der Waals surface area contributed by atoms with E-state index >= 15 is 0 Å². The first kappa shape index (κ1) is 14.1. The summed E-state index contributed by atoms with van der Waals surface area (Å²) < 4.78 is 0. The molecule has 2 rings (SSSR count). The quantitative estimate of drug-likeness (QED) is 0.838. The van der Waals surface area contributed by atoms with Gasteiger partial charge in [-0.15, -0.1) is 0 Å². The highest BCUT2D eigenvalue weighted by atomic mass is 35.5. The number of halogens is 1. The Morgan fingerprint density at radius 3 is 2.00 bits per heavy atom. The zero-order valence-electron chi connectivity index (χ0n) is 11.7. The summed E-state index contributed by atoms with van der Waals surface area (Å²) in [5, 5.41) is 0.736. The Morgan fingerprint density at radius 2 is 1.53 bits per heavy atom. The van der Waals surface area contributed by atoms with Gasteiger partial charge in [0.1, 0.15) is 0 Å². The lowest BCUT2D eigenvalue weighted by Gasteiger charge is -2.19. The maximum Gasteiger partial charge on any atom is 0.0457 e. The summed E-state index contributed by atoms with van der Waals surface area (Å²) in [4.78, 5) is 0. The second-order valence-electron chi connectivity index (χ2n) is 5.84. The average molecular weight is 274 g/mol. The third-order valence-corrected chi connectivity index (χ3v) is 3.71. The molecular weight excluding hydrogens is 254 g/mol. The summed E-state index contributed by atoms with van der Waals surface area (Å²) >= 11 is 6.20. The van der Waals surface area contributed by atoms with E-state index in [9.17, 15) is 0 Å². The molecular formula is C17H20ClN. The molecule has 0 aliphatic carbocycles. The highest BCUT2D eigenvalue weighted by molar-refractivity contribution is 6.31. The van der Waals surface area contributed by atoms with Crippen LogP contribution in [0.1, 0.15) is 31.9 Å². The summed E-state index contributed by atoms with van der Waals surface area (Å²) in [6.07, 6.45) is 0. The zero-order chi connectivity index (χ0) is 14.0. The highest BCUT2D eigenvalue weighted by Crippen LogP contribution is 2.28. The SMILES string of the molecule is CC(C)(C)c1ccc(-c2ccc(CN)c(Cl)c2)cc1. The van der Waals surface area contributed by atoms with Crippen LogP contribution in [0.2, 0.25) is 5.02 Å². The van der Waals surface area contributed by atoms with Crippen LogP contribution in [-0.4, -0.2) is 0 Å². The second-order valence-corrected chi connectivity index (χ2v) is 6.24. The molecule has 2 heteroatoms. The molecule has 0 aliphatic rings. The Labute approximate surface area is 120 Å². The summed E-state index contributed by atoms with van der Waals surface area (Å²) in [6, 6.07) is 14.7. The Kier molecular flexibility index (Phi) is 3.98. The molecule has 0 saturated heterocycles. The smallest absolute Gasteiger partial charge is 0.0457 e. The molecule has 0 aromatic heterocycles. The van der Waals surface area contributed by atoms with Gasteiger partial charge < -0.3 is 5.73 Å². The van der Waals surface area contributed by atoms with Crippen LogP contribution in [0.3, 0.4) is 0 Å². The lowest BCUT2D eigenvalue weighted by Crippen LogP contribution is -2.10. The van der Waals surface area contributed by atoms with Crippen molar-refractivity contribution in [3.05, 3.63) is 58.6 Å². The van der Waals surface area contributed by atoms with Crippen molar-refractivity contribution in [2.75, 3.05) is 0 Å². The molecule has 0 unspecified atom stereocenters. The van der Waals surface area contributed by atoms with Gasteiger partial charge in [-0.25, -0.2) is 0 Å². The summed E-state index contributed by atoms with van der Waals surface area (Å²) in [6.45, 7) is 7.13. The van der Waals surface area contributed by atoms with Gasteiger partial charge in [0.2, 0.25) is 0 Å². The fourth-order valence-corrected chi connectivity index (χ4v) is 2.31. The first-order valence-corrected chi connectivity index (χ1v) is 6.89. The monoisotopic (exact) mass is 273 g/mol. The van der Waals surface area contributed by atoms with E-state index in [1.807, 2.05) is 12.1 Å². The number of benzene rings is 2. The summed E-state index contributed by atoms with van der Waals surface area (Å²) in [5.74, 6) is 0. The van der Waals surface area contributed by atoms with Gasteiger partial charge in [0.15, 0.2) is 0 Å². The van der Waals surface area contributed by atoms with Crippen molar-refractivity contribution in [2.24, 2.45) is 5.73 Å². The van der Waals surface area contributed by atoms with Crippen LogP contribution in [0.4, 0.5) is 0 Å². The van der Waals surface area contributed by atoms with Gasteiger partial charge in [-0.1, -0.05) is 68.8 Å². The van der Waals surface area contributed by atoms with Crippen molar-refractivity contribution in [1.82, 2.24) is 0 Å². The first-order chi connectivity index (χ1) is 8.91. The molecule has 2 aromatic rings. The molecule has 0 heterocycles. The molecule has 0 amide bonds. The van der Waals surface area contributed by atoms with Gasteiger partial charge >= 0.3 is 0 Å². The molecule has 0 radical (unpaired) electrons. The van der Waals surface area contributed by atoms with E-state index in [4.69, 9.17) is 17.3 Å². The van der Waals surface area contributed by atoms with Crippen molar-refractivity contribution in [3.63, 3.8) is 0 Å². The van der Waals surface area contributed by atoms with Crippen LogP contribution >= 0.6 is 11.6 Å². The van der Waals surface area contributed by atoms with Gasteiger partial charge in [0, 0.05) is 11.6 Å². The van der Waals surface area contributed by atoms with E-state index < -0.39 is 0 Å². The van der Waals surface area contributed by atoms with Crippen LogP contribution in [0, 0.1) is 0 Å².